The van der Waals surface area contributed by atoms with Crippen LogP contribution in [0, 0.1) is 0 Å². The molecule has 2 rings (SSSR count). The molecule has 1 aromatic carbocycles. The highest BCUT2D eigenvalue weighted by Crippen LogP contribution is 2.11. The van der Waals surface area contributed by atoms with Gasteiger partial charge in [0.1, 0.15) is 6.10 Å². The number of hydrogen-bond donors (Lipinski definition) is 2. The molecule has 0 aromatic heterocycles. The van der Waals surface area contributed by atoms with Gasteiger partial charge >= 0.3 is 0 Å². The minimum Gasteiger partial charge on any atom is -0.366 e. The van der Waals surface area contributed by atoms with Crippen molar-refractivity contribution in [1.82, 2.24) is 10.6 Å². The van der Waals surface area contributed by atoms with E-state index < -0.39 is 0 Å². The number of carbonyl (C=O) groups excluding carboxylic acids is 1. The van der Waals surface area contributed by atoms with E-state index in [0.717, 1.165) is 17.4 Å². The van der Waals surface area contributed by atoms with Gasteiger partial charge in [-0.25, -0.2) is 0 Å². The van der Waals surface area contributed by atoms with Crippen LogP contribution in [0.2, 0.25) is 0 Å². The van der Waals surface area contributed by atoms with Gasteiger partial charge in [0.15, 0.2) is 0 Å². The van der Waals surface area contributed by atoms with E-state index >= 15 is 0 Å². The lowest BCUT2D eigenvalue weighted by molar-refractivity contribution is -0.134. The van der Waals surface area contributed by atoms with Crippen LogP contribution in [0.15, 0.2) is 28.7 Å². The molecule has 1 atom stereocenters. The van der Waals surface area contributed by atoms with Crippen molar-refractivity contribution in [3.05, 3.63) is 34.3 Å². The highest BCUT2D eigenvalue weighted by Gasteiger charge is 2.20. The predicted molar refractivity (Wildman–Crippen MR) is 73.5 cm³/mol. The number of amides is 1. The average molecular weight is 313 g/mol. The van der Waals surface area contributed by atoms with Crippen molar-refractivity contribution >= 4 is 21.8 Å². The van der Waals surface area contributed by atoms with Gasteiger partial charge in [-0.15, -0.1) is 0 Å². The molecular weight excluding hydrogens is 296 g/mol. The van der Waals surface area contributed by atoms with Crippen LogP contribution in [0.3, 0.4) is 0 Å². The summed E-state index contributed by atoms with van der Waals surface area (Å²) in [5.41, 5.74) is 1.20. The van der Waals surface area contributed by atoms with Gasteiger partial charge in [0.2, 0.25) is 5.91 Å². The van der Waals surface area contributed by atoms with Gasteiger partial charge < -0.3 is 15.4 Å². The predicted octanol–water partition coefficient (Wildman–Crippen LogP) is 1.10. The van der Waals surface area contributed by atoms with Crippen LogP contribution < -0.4 is 10.6 Å². The highest BCUT2D eigenvalue weighted by atomic mass is 79.9. The lowest BCUT2D eigenvalue weighted by Crippen LogP contribution is -2.48. The molecule has 1 fully saturated rings. The van der Waals surface area contributed by atoms with Gasteiger partial charge in [-0.05, 0) is 24.1 Å². The Kier molecular flexibility index (Phi) is 5.16. The van der Waals surface area contributed by atoms with Crippen LogP contribution in [-0.4, -0.2) is 38.3 Å². The molecule has 0 saturated carbocycles. The van der Waals surface area contributed by atoms with Crippen molar-refractivity contribution in [2.45, 2.75) is 12.5 Å². The topological polar surface area (TPSA) is 50.4 Å². The first kappa shape index (κ1) is 13.5. The number of morpholine rings is 1. The molecule has 1 aromatic rings. The van der Waals surface area contributed by atoms with Crippen molar-refractivity contribution in [1.29, 1.82) is 0 Å². The van der Waals surface area contributed by atoms with Crippen molar-refractivity contribution in [2.24, 2.45) is 0 Å². The third-order valence-corrected chi connectivity index (χ3v) is 3.32. The number of carbonyl (C=O) groups is 1. The second kappa shape index (κ2) is 6.87. The van der Waals surface area contributed by atoms with Crippen LogP contribution in [0.1, 0.15) is 5.56 Å². The molecular formula is C13H17BrN2O2. The molecule has 18 heavy (non-hydrogen) atoms. The van der Waals surface area contributed by atoms with Gasteiger partial charge in [0, 0.05) is 24.1 Å². The molecule has 1 amide bonds. The molecule has 2 N–H and O–H groups in total. The molecule has 1 saturated heterocycles. The second-order valence-corrected chi connectivity index (χ2v) is 5.15. The van der Waals surface area contributed by atoms with Gasteiger partial charge in [0.05, 0.1) is 6.61 Å². The summed E-state index contributed by atoms with van der Waals surface area (Å²) in [7, 11) is 0. The fraction of sp³-hybridized carbons (Fsp3) is 0.462. The summed E-state index contributed by atoms with van der Waals surface area (Å²) >= 11 is 3.43. The molecule has 0 spiro atoms. The Morgan fingerprint density at radius 3 is 3.17 bits per heavy atom. The number of rotatable bonds is 4. The molecule has 0 radical (unpaired) electrons. The lowest BCUT2D eigenvalue weighted by atomic mass is 10.1. The zero-order valence-corrected chi connectivity index (χ0v) is 11.7. The summed E-state index contributed by atoms with van der Waals surface area (Å²) in [6.07, 6.45) is 0.479. The highest BCUT2D eigenvalue weighted by molar-refractivity contribution is 9.10. The Morgan fingerprint density at radius 1 is 1.56 bits per heavy atom. The summed E-state index contributed by atoms with van der Waals surface area (Å²) in [6, 6.07) is 8.10. The van der Waals surface area contributed by atoms with E-state index in [2.05, 4.69) is 38.7 Å². The first-order valence-electron chi connectivity index (χ1n) is 6.10. The zero-order chi connectivity index (χ0) is 12.8. The fourth-order valence-electron chi connectivity index (χ4n) is 1.87. The number of ether oxygens (including phenoxy) is 1. The minimum atomic E-state index is -0.346. The van der Waals surface area contributed by atoms with Gasteiger partial charge in [-0.2, -0.15) is 0 Å². The van der Waals surface area contributed by atoms with Crippen LogP contribution in [0.5, 0.6) is 0 Å². The van der Waals surface area contributed by atoms with Crippen LogP contribution in [-0.2, 0) is 16.0 Å². The summed E-state index contributed by atoms with van der Waals surface area (Å²) < 4.78 is 6.44. The fourth-order valence-corrected chi connectivity index (χ4v) is 2.32. The van der Waals surface area contributed by atoms with E-state index in [1.165, 1.54) is 5.56 Å². The molecule has 1 heterocycles. The maximum Gasteiger partial charge on any atom is 0.250 e. The van der Waals surface area contributed by atoms with Gasteiger partial charge in [-0.3, -0.25) is 4.79 Å². The van der Waals surface area contributed by atoms with Gasteiger partial charge in [0.25, 0.3) is 0 Å². The quantitative estimate of drug-likeness (QED) is 0.875. The Balaban J connectivity index is 1.73. The molecule has 1 aliphatic heterocycles. The summed E-state index contributed by atoms with van der Waals surface area (Å²) in [4.78, 5) is 11.8. The largest absolute Gasteiger partial charge is 0.366 e. The van der Waals surface area contributed by atoms with Crippen molar-refractivity contribution < 1.29 is 9.53 Å². The third kappa shape index (κ3) is 4.08. The van der Waals surface area contributed by atoms with E-state index in [4.69, 9.17) is 4.74 Å². The smallest absolute Gasteiger partial charge is 0.250 e. The lowest BCUT2D eigenvalue weighted by Gasteiger charge is -2.22. The standard InChI is InChI=1S/C13H17BrN2O2/c14-11-3-1-2-10(8-11)4-5-16-13(17)12-9-15-6-7-18-12/h1-3,8,12,15H,4-7,9H2,(H,16,17). The summed E-state index contributed by atoms with van der Waals surface area (Å²) in [6.45, 7) is 2.66. The Hall–Kier alpha value is -0.910. The summed E-state index contributed by atoms with van der Waals surface area (Å²) in [5.74, 6) is -0.0304. The SMILES string of the molecule is O=C(NCCc1cccc(Br)c1)C1CNCCO1. The number of halogens is 1. The maximum absolute atomic E-state index is 11.8. The number of hydrogen-bond acceptors (Lipinski definition) is 3. The first-order valence-corrected chi connectivity index (χ1v) is 6.89. The number of benzene rings is 1. The van der Waals surface area contributed by atoms with Crippen LogP contribution in [0.25, 0.3) is 0 Å². The maximum atomic E-state index is 11.8. The Labute approximate surface area is 115 Å². The molecule has 98 valence electrons. The number of nitrogens with one attached hydrogen (secondary N) is 2. The van der Waals surface area contributed by atoms with E-state index in [1.807, 2.05) is 12.1 Å². The van der Waals surface area contributed by atoms with Crippen molar-refractivity contribution in [3.63, 3.8) is 0 Å². The van der Waals surface area contributed by atoms with E-state index in [0.29, 0.717) is 19.7 Å². The second-order valence-electron chi connectivity index (χ2n) is 4.23. The molecule has 4 nitrogen and oxygen atoms in total. The first-order chi connectivity index (χ1) is 8.75. The average Bonchev–Trinajstić information content (AvgIpc) is 2.40. The van der Waals surface area contributed by atoms with Crippen molar-refractivity contribution in [3.8, 4) is 0 Å². The molecule has 1 aliphatic rings. The monoisotopic (exact) mass is 312 g/mol. The van der Waals surface area contributed by atoms with E-state index in [9.17, 15) is 4.79 Å². The molecule has 5 heteroatoms. The third-order valence-electron chi connectivity index (χ3n) is 2.82. The van der Waals surface area contributed by atoms with E-state index in [1.54, 1.807) is 0 Å². The molecule has 0 bridgehead atoms. The zero-order valence-electron chi connectivity index (χ0n) is 10.1. The Bertz CT molecular complexity index is 406. The minimum absolute atomic E-state index is 0.0304. The normalized spacial score (nSPS) is 19.5. The molecule has 1 unspecified atom stereocenters. The van der Waals surface area contributed by atoms with Gasteiger partial charge in [-0.1, -0.05) is 28.1 Å². The van der Waals surface area contributed by atoms with E-state index in [-0.39, 0.29) is 12.0 Å². The van der Waals surface area contributed by atoms with Crippen LogP contribution >= 0.6 is 15.9 Å². The summed E-state index contributed by atoms with van der Waals surface area (Å²) in [5, 5.41) is 6.04. The molecule has 0 aliphatic carbocycles. The van der Waals surface area contributed by atoms with Crippen molar-refractivity contribution in [2.75, 3.05) is 26.2 Å². The van der Waals surface area contributed by atoms with Crippen LogP contribution in [0.4, 0.5) is 0 Å². The Morgan fingerprint density at radius 2 is 2.44 bits per heavy atom.